The van der Waals surface area contributed by atoms with Gasteiger partial charge in [-0.15, -0.1) is 0 Å². The smallest absolute Gasteiger partial charge is 0.241 e. The van der Waals surface area contributed by atoms with E-state index in [1.165, 1.54) is 12.1 Å². The number of nitrogens with one attached hydrogen (secondary N) is 1. The van der Waals surface area contributed by atoms with Crippen molar-refractivity contribution in [2.75, 3.05) is 12.4 Å². The van der Waals surface area contributed by atoms with Crippen LogP contribution in [0.25, 0.3) is 0 Å². The molecule has 1 N–H and O–H groups in total. The molecule has 0 aliphatic rings. The zero-order chi connectivity index (χ0) is 15.2. The molecule has 1 amide bonds. The number of hydrogen-bond donors (Lipinski definition) is 1. The minimum absolute atomic E-state index is 0.111. The molecule has 0 saturated heterocycles. The molecule has 110 valence electrons. The van der Waals surface area contributed by atoms with Gasteiger partial charge in [-0.1, -0.05) is 30.3 Å². The number of anilines is 1. The zero-order valence-corrected chi connectivity index (χ0v) is 12.2. The SMILES string of the molecule is C[C@H](C(=O)Nc1ccc(F)cc1)N(C)Cc1ccccc1. The average molecular weight is 286 g/mol. The van der Waals surface area contributed by atoms with Crippen LogP contribution >= 0.6 is 0 Å². The number of amides is 1. The molecule has 1 atom stereocenters. The predicted molar refractivity (Wildman–Crippen MR) is 82.4 cm³/mol. The summed E-state index contributed by atoms with van der Waals surface area (Å²) in [6, 6.07) is 15.5. The Morgan fingerprint density at radius 3 is 2.38 bits per heavy atom. The highest BCUT2D eigenvalue weighted by Crippen LogP contribution is 2.11. The molecular formula is C17H19FN2O. The summed E-state index contributed by atoms with van der Waals surface area (Å²) >= 11 is 0. The fourth-order valence-corrected chi connectivity index (χ4v) is 1.99. The molecule has 0 unspecified atom stereocenters. The fraction of sp³-hybridized carbons (Fsp3) is 0.235. The Hall–Kier alpha value is -2.20. The molecule has 0 saturated carbocycles. The Morgan fingerprint density at radius 2 is 1.76 bits per heavy atom. The maximum absolute atomic E-state index is 12.8. The van der Waals surface area contributed by atoms with Gasteiger partial charge < -0.3 is 5.32 Å². The molecule has 0 heterocycles. The van der Waals surface area contributed by atoms with E-state index in [4.69, 9.17) is 0 Å². The van der Waals surface area contributed by atoms with Crippen molar-refractivity contribution in [1.82, 2.24) is 4.90 Å². The number of carbonyl (C=O) groups excluding carboxylic acids is 1. The molecule has 0 aliphatic heterocycles. The Balaban J connectivity index is 1.93. The molecule has 0 radical (unpaired) electrons. The first-order chi connectivity index (χ1) is 10.1. The number of nitrogens with zero attached hydrogens (tertiary/aromatic N) is 1. The summed E-state index contributed by atoms with van der Waals surface area (Å²) in [5.74, 6) is -0.428. The van der Waals surface area contributed by atoms with Crippen molar-refractivity contribution in [2.45, 2.75) is 19.5 Å². The Labute approximate surface area is 124 Å². The van der Waals surface area contributed by atoms with E-state index in [1.807, 2.05) is 49.2 Å². The zero-order valence-electron chi connectivity index (χ0n) is 12.2. The summed E-state index contributed by atoms with van der Waals surface area (Å²) in [4.78, 5) is 14.1. The average Bonchev–Trinajstić information content (AvgIpc) is 2.49. The van der Waals surface area contributed by atoms with E-state index < -0.39 is 0 Å². The molecule has 3 nitrogen and oxygen atoms in total. The van der Waals surface area contributed by atoms with Gasteiger partial charge in [0.2, 0.25) is 5.91 Å². The first-order valence-corrected chi connectivity index (χ1v) is 6.87. The lowest BCUT2D eigenvalue weighted by Gasteiger charge is -2.24. The van der Waals surface area contributed by atoms with Gasteiger partial charge in [-0.2, -0.15) is 0 Å². The lowest BCUT2D eigenvalue weighted by Crippen LogP contribution is -2.39. The van der Waals surface area contributed by atoms with E-state index in [0.717, 1.165) is 5.56 Å². The highest BCUT2D eigenvalue weighted by Gasteiger charge is 2.18. The molecule has 4 heteroatoms. The number of likely N-dealkylation sites (N-methyl/N-ethyl adjacent to an activating group) is 1. The van der Waals surface area contributed by atoms with Gasteiger partial charge in [-0.25, -0.2) is 4.39 Å². The first kappa shape index (κ1) is 15.2. The third kappa shape index (κ3) is 4.39. The number of benzene rings is 2. The van der Waals surface area contributed by atoms with E-state index >= 15 is 0 Å². The van der Waals surface area contributed by atoms with E-state index in [0.29, 0.717) is 12.2 Å². The molecule has 0 fully saturated rings. The fourth-order valence-electron chi connectivity index (χ4n) is 1.99. The standard InChI is InChI=1S/C17H19FN2O/c1-13(20(2)12-14-6-4-3-5-7-14)17(21)19-16-10-8-15(18)9-11-16/h3-11,13H,12H2,1-2H3,(H,19,21)/t13-/m1/s1. The molecule has 0 aromatic heterocycles. The molecule has 2 rings (SSSR count). The van der Waals surface area contributed by atoms with Crippen molar-refractivity contribution in [2.24, 2.45) is 0 Å². The minimum atomic E-state index is -0.317. The Bertz CT molecular complexity index is 583. The van der Waals surface area contributed by atoms with Gasteiger partial charge in [0.05, 0.1) is 6.04 Å². The van der Waals surface area contributed by atoms with Gasteiger partial charge >= 0.3 is 0 Å². The lowest BCUT2D eigenvalue weighted by atomic mass is 10.2. The summed E-state index contributed by atoms with van der Waals surface area (Å²) in [5, 5.41) is 2.79. The highest BCUT2D eigenvalue weighted by molar-refractivity contribution is 5.94. The van der Waals surface area contributed by atoms with Crippen LogP contribution in [-0.2, 0) is 11.3 Å². The van der Waals surface area contributed by atoms with Crippen LogP contribution in [-0.4, -0.2) is 23.9 Å². The lowest BCUT2D eigenvalue weighted by molar-refractivity contribution is -0.120. The number of halogens is 1. The second kappa shape index (κ2) is 6.99. The third-order valence-corrected chi connectivity index (χ3v) is 3.43. The molecule has 2 aromatic carbocycles. The quantitative estimate of drug-likeness (QED) is 0.914. The molecule has 0 spiro atoms. The van der Waals surface area contributed by atoms with Crippen LogP contribution in [0.1, 0.15) is 12.5 Å². The van der Waals surface area contributed by atoms with Crippen molar-refractivity contribution in [3.8, 4) is 0 Å². The summed E-state index contributed by atoms with van der Waals surface area (Å²) in [6.45, 7) is 2.54. The van der Waals surface area contributed by atoms with E-state index in [9.17, 15) is 9.18 Å². The van der Waals surface area contributed by atoms with Gasteiger partial charge in [-0.05, 0) is 43.8 Å². The van der Waals surface area contributed by atoms with Crippen LogP contribution in [0.3, 0.4) is 0 Å². The normalized spacial score (nSPS) is 12.2. The van der Waals surface area contributed by atoms with Crippen molar-refractivity contribution < 1.29 is 9.18 Å². The molecule has 2 aromatic rings. The topological polar surface area (TPSA) is 32.3 Å². The molecule has 0 aliphatic carbocycles. The van der Waals surface area contributed by atoms with E-state index in [-0.39, 0.29) is 17.8 Å². The van der Waals surface area contributed by atoms with E-state index in [2.05, 4.69) is 5.32 Å². The number of hydrogen-bond acceptors (Lipinski definition) is 2. The Morgan fingerprint density at radius 1 is 1.14 bits per heavy atom. The second-order valence-electron chi connectivity index (χ2n) is 5.07. The van der Waals surface area contributed by atoms with Crippen LogP contribution in [0.15, 0.2) is 54.6 Å². The summed E-state index contributed by atoms with van der Waals surface area (Å²) in [7, 11) is 1.90. The van der Waals surface area contributed by atoms with Crippen LogP contribution in [0, 0.1) is 5.82 Å². The summed E-state index contributed by atoms with van der Waals surface area (Å²) in [5.41, 5.74) is 1.75. The minimum Gasteiger partial charge on any atom is -0.325 e. The first-order valence-electron chi connectivity index (χ1n) is 6.87. The molecular weight excluding hydrogens is 267 g/mol. The largest absolute Gasteiger partial charge is 0.325 e. The van der Waals surface area contributed by atoms with Crippen LogP contribution in [0.5, 0.6) is 0 Å². The van der Waals surface area contributed by atoms with Gasteiger partial charge in [-0.3, -0.25) is 9.69 Å². The molecule has 0 bridgehead atoms. The monoisotopic (exact) mass is 286 g/mol. The maximum atomic E-state index is 12.8. The van der Waals surface area contributed by atoms with E-state index in [1.54, 1.807) is 12.1 Å². The maximum Gasteiger partial charge on any atom is 0.241 e. The highest BCUT2D eigenvalue weighted by atomic mass is 19.1. The second-order valence-corrected chi connectivity index (χ2v) is 5.07. The van der Waals surface area contributed by atoms with Crippen LogP contribution in [0.4, 0.5) is 10.1 Å². The predicted octanol–water partition coefficient (Wildman–Crippen LogP) is 3.28. The van der Waals surface area contributed by atoms with Gasteiger partial charge in [0, 0.05) is 12.2 Å². The van der Waals surface area contributed by atoms with Gasteiger partial charge in [0.25, 0.3) is 0 Å². The molecule has 21 heavy (non-hydrogen) atoms. The Kier molecular flexibility index (Phi) is 5.06. The number of rotatable bonds is 5. The van der Waals surface area contributed by atoms with Crippen LogP contribution < -0.4 is 5.32 Å². The van der Waals surface area contributed by atoms with Crippen molar-refractivity contribution in [1.29, 1.82) is 0 Å². The van der Waals surface area contributed by atoms with Gasteiger partial charge in [0.1, 0.15) is 5.82 Å². The third-order valence-electron chi connectivity index (χ3n) is 3.43. The summed E-state index contributed by atoms with van der Waals surface area (Å²) in [6.07, 6.45) is 0. The van der Waals surface area contributed by atoms with Crippen molar-refractivity contribution >= 4 is 11.6 Å². The van der Waals surface area contributed by atoms with Gasteiger partial charge in [0.15, 0.2) is 0 Å². The van der Waals surface area contributed by atoms with Crippen molar-refractivity contribution in [3.63, 3.8) is 0 Å². The number of carbonyl (C=O) groups is 1. The van der Waals surface area contributed by atoms with Crippen LogP contribution in [0.2, 0.25) is 0 Å². The summed E-state index contributed by atoms with van der Waals surface area (Å²) < 4.78 is 12.8. The van der Waals surface area contributed by atoms with Crippen molar-refractivity contribution in [3.05, 3.63) is 66.0 Å².